The fraction of sp³-hybridized carbons (Fsp3) is 0.857. The van der Waals surface area contributed by atoms with Gasteiger partial charge in [0.1, 0.15) is 0 Å². The molecule has 17 heavy (non-hydrogen) atoms. The Kier molecular flexibility index (Phi) is 6.40. The highest BCUT2D eigenvalue weighted by Crippen LogP contribution is 2.21. The van der Waals surface area contributed by atoms with Gasteiger partial charge in [-0.05, 0) is 24.9 Å². The van der Waals surface area contributed by atoms with Crippen molar-refractivity contribution in [3.05, 3.63) is 0 Å². The molecule has 1 aliphatic rings. The van der Waals surface area contributed by atoms with Gasteiger partial charge in [0.2, 0.25) is 0 Å². The molecular weight excluding hydrogens is 228 g/mol. The van der Waals surface area contributed by atoms with Gasteiger partial charge < -0.3 is 10.2 Å². The Morgan fingerprint density at radius 3 is 2.88 bits per heavy atom. The average Bonchev–Trinajstić information content (AvgIpc) is 2.49. The van der Waals surface area contributed by atoms with E-state index in [1.807, 2.05) is 11.8 Å². The van der Waals surface area contributed by atoms with Crippen molar-refractivity contribution >= 4 is 11.8 Å². The number of terminal acetylenes is 1. The van der Waals surface area contributed by atoms with Gasteiger partial charge in [0, 0.05) is 24.9 Å². The molecular formula is C14H26N2S. The van der Waals surface area contributed by atoms with Crippen molar-refractivity contribution in [2.45, 2.75) is 33.2 Å². The first-order valence-electron chi connectivity index (χ1n) is 6.51. The summed E-state index contributed by atoms with van der Waals surface area (Å²) < 4.78 is 0. The minimum absolute atomic E-state index is 0.342. The number of rotatable bonds is 4. The molecule has 0 saturated carbocycles. The van der Waals surface area contributed by atoms with Crippen molar-refractivity contribution in [2.24, 2.45) is 5.41 Å². The Hall–Kier alpha value is -0.170. The minimum atomic E-state index is 0.342. The van der Waals surface area contributed by atoms with Crippen LogP contribution < -0.4 is 5.32 Å². The van der Waals surface area contributed by atoms with E-state index in [0.29, 0.717) is 11.5 Å². The number of hydrogen-bond acceptors (Lipinski definition) is 3. The van der Waals surface area contributed by atoms with Gasteiger partial charge in [-0.3, -0.25) is 0 Å². The fourth-order valence-corrected chi connectivity index (χ4v) is 2.75. The van der Waals surface area contributed by atoms with Crippen LogP contribution in [0.5, 0.6) is 0 Å². The molecule has 1 unspecified atom stereocenters. The van der Waals surface area contributed by atoms with Gasteiger partial charge in [0.25, 0.3) is 0 Å². The second-order valence-electron chi connectivity index (χ2n) is 5.78. The fourth-order valence-electron chi connectivity index (χ4n) is 2.10. The lowest BCUT2D eigenvalue weighted by Gasteiger charge is -2.33. The summed E-state index contributed by atoms with van der Waals surface area (Å²) in [5.74, 6) is 4.68. The summed E-state index contributed by atoms with van der Waals surface area (Å²) in [5, 5.41) is 3.67. The predicted molar refractivity (Wildman–Crippen MR) is 78.5 cm³/mol. The van der Waals surface area contributed by atoms with Crippen LogP contribution in [-0.2, 0) is 0 Å². The van der Waals surface area contributed by atoms with E-state index in [1.54, 1.807) is 0 Å². The van der Waals surface area contributed by atoms with Crippen LogP contribution in [0.3, 0.4) is 0 Å². The van der Waals surface area contributed by atoms with E-state index < -0.39 is 0 Å². The second-order valence-corrected chi connectivity index (χ2v) is 6.89. The number of nitrogens with zero attached hydrogens (tertiary/aromatic N) is 1. The van der Waals surface area contributed by atoms with Crippen LogP contribution in [-0.4, -0.2) is 48.6 Å². The lowest BCUT2D eigenvalue weighted by Crippen LogP contribution is -2.46. The average molecular weight is 254 g/mol. The summed E-state index contributed by atoms with van der Waals surface area (Å²) in [6.07, 6.45) is 6.51. The molecule has 1 fully saturated rings. The maximum atomic E-state index is 5.26. The topological polar surface area (TPSA) is 15.3 Å². The normalized spacial score (nSPS) is 23.1. The zero-order valence-electron chi connectivity index (χ0n) is 11.5. The van der Waals surface area contributed by atoms with Gasteiger partial charge in [-0.1, -0.05) is 26.7 Å². The van der Waals surface area contributed by atoms with Gasteiger partial charge in [-0.2, -0.15) is 0 Å². The predicted octanol–water partition coefficient (Wildman–Crippen LogP) is 2.06. The molecule has 0 aromatic rings. The Balaban J connectivity index is 2.36. The summed E-state index contributed by atoms with van der Waals surface area (Å²) in [7, 11) is 0. The van der Waals surface area contributed by atoms with Crippen LogP contribution in [0, 0.1) is 17.8 Å². The Morgan fingerprint density at radius 1 is 1.47 bits per heavy atom. The molecule has 0 aliphatic carbocycles. The van der Waals surface area contributed by atoms with Crippen LogP contribution in [0.25, 0.3) is 0 Å². The molecule has 0 aromatic heterocycles. The Morgan fingerprint density at radius 2 is 2.24 bits per heavy atom. The third-order valence-electron chi connectivity index (χ3n) is 3.27. The molecule has 0 aromatic carbocycles. The molecule has 1 aliphatic heterocycles. The maximum absolute atomic E-state index is 5.26. The molecule has 3 heteroatoms. The van der Waals surface area contributed by atoms with E-state index >= 15 is 0 Å². The molecule has 1 saturated heterocycles. The summed E-state index contributed by atoms with van der Waals surface area (Å²) in [4.78, 5) is 2.58. The molecule has 98 valence electrons. The SMILES string of the molecule is C#CCSCCN1CCCNC(C(C)(C)C)C1. The Bertz CT molecular complexity index is 252. The highest BCUT2D eigenvalue weighted by atomic mass is 32.2. The van der Waals surface area contributed by atoms with Crippen LogP contribution >= 0.6 is 11.8 Å². The number of nitrogens with one attached hydrogen (secondary N) is 1. The van der Waals surface area contributed by atoms with E-state index in [9.17, 15) is 0 Å². The highest BCUT2D eigenvalue weighted by Gasteiger charge is 2.27. The van der Waals surface area contributed by atoms with Crippen LogP contribution in [0.2, 0.25) is 0 Å². The molecule has 2 nitrogen and oxygen atoms in total. The second kappa shape index (κ2) is 7.31. The number of hydrogen-bond donors (Lipinski definition) is 1. The quantitative estimate of drug-likeness (QED) is 0.611. The summed E-state index contributed by atoms with van der Waals surface area (Å²) >= 11 is 1.86. The van der Waals surface area contributed by atoms with Crippen molar-refractivity contribution < 1.29 is 0 Å². The first-order valence-corrected chi connectivity index (χ1v) is 7.66. The molecule has 0 bridgehead atoms. The first-order chi connectivity index (χ1) is 8.04. The minimum Gasteiger partial charge on any atom is -0.312 e. The van der Waals surface area contributed by atoms with Gasteiger partial charge in [0.15, 0.2) is 0 Å². The molecule has 1 heterocycles. The van der Waals surface area contributed by atoms with Gasteiger partial charge in [-0.15, -0.1) is 18.2 Å². The standard InChI is InChI=1S/C14H26N2S/c1-5-10-17-11-9-16-8-6-7-15-13(12-16)14(2,3)4/h1,13,15H,6-12H2,2-4H3. The van der Waals surface area contributed by atoms with E-state index in [2.05, 4.69) is 36.9 Å². The third kappa shape index (κ3) is 5.81. The molecule has 0 amide bonds. The summed E-state index contributed by atoms with van der Waals surface area (Å²) in [6, 6.07) is 0.600. The van der Waals surface area contributed by atoms with Gasteiger partial charge in [-0.25, -0.2) is 0 Å². The highest BCUT2D eigenvalue weighted by molar-refractivity contribution is 7.99. The van der Waals surface area contributed by atoms with Crippen molar-refractivity contribution in [3.63, 3.8) is 0 Å². The lowest BCUT2D eigenvalue weighted by molar-refractivity contribution is 0.204. The molecule has 1 atom stereocenters. The molecule has 0 spiro atoms. The van der Waals surface area contributed by atoms with Crippen LogP contribution in [0.4, 0.5) is 0 Å². The summed E-state index contributed by atoms with van der Waals surface area (Å²) in [6.45, 7) is 11.7. The lowest BCUT2D eigenvalue weighted by atomic mass is 9.86. The molecule has 1 N–H and O–H groups in total. The molecule has 1 rings (SSSR count). The number of thioether (sulfide) groups is 1. The van der Waals surface area contributed by atoms with E-state index in [4.69, 9.17) is 6.42 Å². The monoisotopic (exact) mass is 254 g/mol. The molecule has 0 radical (unpaired) electrons. The van der Waals surface area contributed by atoms with Gasteiger partial charge >= 0.3 is 0 Å². The third-order valence-corrected chi connectivity index (χ3v) is 4.11. The van der Waals surface area contributed by atoms with E-state index in [-0.39, 0.29) is 0 Å². The van der Waals surface area contributed by atoms with Crippen LogP contribution in [0.15, 0.2) is 0 Å². The maximum Gasteiger partial charge on any atom is 0.0545 e. The van der Waals surface area contributed by atoms with E-state index in [1.165, 1.54) is 26.1 Å². The van der Waals surface area contributed by atoms with Crippen LogP contribution in [0.1, 0.15) is 27.2 Å². The van der Waals surface area contributed by atoms with E-state index in [0.717, 1.165) is 18.1 Å². The summed E-state index contributed by atoms with van der Waals surface area (Å²) in [5.41, 5.74) is 0.342. The van der Waals surface area contributed by atoms with Crippen molar-refractivity contribution in [1.29, 1.82) is 0 Å². The zero-order valence-corrected chi connectivity index (χ0v) is 12.3. The van der Waals surface area contributed by atoms with Gasteiger partial charge in [0.05, 0.1) is 5.75 Å². The largest absolute Gasteiger partial charge is 0.312 e. The van der Waals surface area contributed by atoms with Crippen molar-refractivity contribution in [1.82, 2.24) is 10.2 Å². The smallest absolute Gasteiger partial charge is 0.0545 e. The first kappa shape index (κ1) is 14.9. The zero-order chi connectivity index (χ0) is 12.7. The van der Waals surface area contributed by atoms with Crippen molar-refractivity contribution in [2.75, 3.05) is 37.7 Å². The van der Waals surface area contributed by atoms with Crippen molar-refractivity contribution in [3.8, 4) is 12.3 Å². The Labute approximate surface area is 111 Å².